The van der Waals surface area contributed by atoms with E-state index in [4.69, 9.17) is 9.47 Å². The van der Waals surface area contributed by atoms with E-state index in [9.17, 15) is 4.79 Å². The number of para-hydroxylation sites is 1. The van der Waals surface area contributed by atoms with E-state index in [1.807, 2.05) is 18.2 Å². The van der Waals surface area contributed by atoms with Gasteiger partial charge in [0.25, 0.3) is 5.91 Å². The fraction of sp³-hybridized carbons (Fsp3) is 0.125. The first kappa shape index (κ1) is 16.0. The van der Waals surface area contributed by atoms with Crippen LogP contribution in [0.4, 0.5) is 0 Å². The lowest BCUT2D eigenvalue weighted by molar-refractivity contribution is 0.0955. The second-order valence-corrected chi connectivity index (χ2v) is 5.21. The lowest BCUT2D eigenvalue weighted by Crippen LogP contribution is -2.17. The predicted molar refractivity (Wildman–Crippen MR) is 88.7 cm³/mol. The molecule has 0 bridgehead atoms. The molecular weight excluding hydrogens is 348 g/mol. The maximum Gasteiger partial charge on any atom is 0.271 e. The summed E-state index contributed by atoms with van der Waals surface area (Å²) in [4.78, 5) is 12.0. The van der Waals surface area contributed by atoms with E-state index in [2.05, 4.69) is 26.5 Å². The average molecular weight is 363 g/mol. The van der Waals surface area contributed by atoms with Gasteiger partial charge in [-0.05, 0) is 30.3 Å². The van der Waals surface area contributed by atoms with Gasteiger partial charge in [-0.2, -0.15) is 5.10 Å². The number of rotatable bonds is 5. The molecule has 0 radical (unpaired) electrons. The molecule has 5 nitrogen and oxygen atoms in total. The Bertz CT molecular complexity index is 702. The van der Waals surface area contributed by atoms with Gasteiger partial charge in [0.05, 0.1) is 20.4 Å². The van der Waals surface area contributed by atoms with Crippen molar-refractivity contribution in [3.8, 4) is 11.5 Å². The number of hydrogen-bond donors (Lipinski definition) is 1. The summed E-state index contributed by atoms with van der Waals surface area (Å²) in [6.45, 7) is 0. The van der Waals surface area contributed by atoms with E-state index < -0.39 is 0 Å². The van der Waals surface area contributed by atoms with Gasteiger partial charge in [0.15, 0.2) is 11.5 Å². The monoisotopic (exact) mass is 362 g/mol. The minimum Gasteiger partial charge on any atom is -0.493 e. The van der Waals surface area contributed by atoms with Crippen LogP contribution in [0.2, 0.25) is 0 Å². The number of hydrogen-bond acceptors (Lipinski definition) is 4. The van der Waals surface area contributed by atoms with Crippen molar-refractivity contribution in [2.45, 2.75) is 0 Å². The maximum atomic E-state index is 12.0. The number of hydrazone groups is 1. The SMILES string of the molecule is COc1cccc(C=NNC(=O)c2cccc(Br)c2)c1OC. The summed E-state index contributed by atoms with van der Waals surface area (Å²) in [7, 11) is 3.11. The van der Waals surface area contributed by atoms with Gasteiger partial charge in [0.2, 0.25) is 0 Å². The zero-order chi connectivity index (χ0) is 15.9. The fourth-order valence-electron chi connectivity index (χ4n) is 1.87. The Labute approximate surface area is 137 Å². The van der Waals surface area contributed by atoms with Crippen LogP contribution in [-0.2, 0) is 0 Å². The van der Waals surface area contributed by atoms with Gasteiger partial charge in [-0.15, -0.1) is 0 Å². The standard InChI is InChI=1S/C16H15BrN2O3/c1-21-14-8-4-6-12(15(14)22-2)10-18-19-16(20)11-5-3-7-13(17)9-11/h3-10H,1-2H3,(H,19,20). The van der Waals surface area contributed by atoms with E-state index in [1.165, 1.54) is 6.21 Å². The highest BCUT2D eigenvalue weighted by atomic mass is 79.9. The van der Waals surface area contributed by atoms with E-state index in [-0.39, 0.29) is 5.91 Å². The zero-order valence-corrected chi connectivity index (χ0v) is 13.8. The second-order valence-electron chi connectivity index (χ2n) is 4.29. The number of nitrogens with zero attached hydrogens (tertiary/aromatic N) is 1. The number of ether oxygens (including phenoxy) is 2. The number of nitrogens with one attached hydrogen (secondary N) is 1. The molecule has 0 saturated carbocycles. The smallest absolute Gasteiger partial charge is 0.271 e. The number of carbonyl (C=O) groups excluding carboxylic acids is 1. The molecule has 0 aliphatic carbocycles. The third kappa shape index (κ3) is 3.85. The molecule has 0 fully saturated rings. The first-order chi connectivity index (χ1) is 10.7. The highest BCUT2D eigenvalue weighted by molar-refractivity contribution is 9.10. The Morgan fingerprint density at radius 3 is 2.64 bits per heavy atom. The summed E-state index contributed by atoms with van der Waals surface area (Å²) in [5, 5.41) is 3.96. The van der Waals surface area contributed by atoms with Gasteiger partial charge >= 0.3 is 0 Å². The lowest BCUT2D eigenvalue weighted by atomic mass is 10.2. The van der Waals surface area contributed by atoms with Gasteiger partial charge in [0, 0.05) is 15.6 Å². The summed E-state index contributed by atoms with van der Waals surface area (Å²) in [5.74, 6) is 0.870. The minimum atomic E-state index is -0.292. The van der Waals surface area contributed by atoms with Crippen LogP contribution in [-0.4, -0.2) is 26.3 Å². The summed E-state index contributed by atoms with van der Waals surface area (Å²) >= 11 is 3.32. The fourth-order valence-corrected chi connectivity index (χ4v) is 2.27. The second kappa shape index (κ2) is 7.61. The molecule has 0 aliphatic rings. The van der Waals surface area contributed by atoms with Crippen LogP contribution in [0.25, 0.3) is 0 Å². The Kier molecular flexibility index (Phi) is 5.55. The Morgan fingerprint density at radius 2 is 1.95 bits per heavy atom. The molecule has 0 saturated heterocycles. The molecule has 1 N–H and O–H groups in total. The molecule has 0 aliphatic heterocycles. The van der Waals surface area contributed by atoms with Crippen LogP contribution in [0.3, 0.4) is 0 Å². The van der Waals surface area contributed by atoms with Crippen molar-refractivity contribution in [1.82, 2.24) is 5.43 Å². The number of benzene rings is 2. The van der Waals surface area contributed by atoms with Crippen molar-refractivity contribution in [3.63, 3.8) is 0 Å². The number of carbonyl (C=O) groups is 1. The van der Waals surface area contributed by atoms with Crippen molar-refractivity contribution < 1.29 is 14.3 Å². The molecule has 0 aromatic heterocycles. The summed E-state index contributed by atoms with van der Waals surface area (Å²) in [6.07, 6.45) is 1.51. The van der Waals surface area contributed by atoms with Crippen LogP contribution in [0, 0.1) is 0 Å². The predicted octanol–water partition coefficient (Wildman–Crippen LogP) is 3.23. The summed E-state index contributed by atoms with van der Waals surface area (Å²) < 4.78 is 11.3. The van der Waals surface area contributed by atoms with Gasteiger partial charge in [-0.1, -0.05) is 28.1 Å². The van der Waals surface area contributed by atoms with Crippen LogP contribution in [0.15, 0.2) is 52.0 Å². The molecule has 0 spiro atoms. The van der Waals surface area contributed by atoms with E-state index in [0.717, 1.165) is 4.47 Å². The Hall–Kier alpha value is -2.34. The van der Waals surface area contributed by atoms with Crippen molar-refractivity contribution >= 4 is 28.1 Å². The molecule has 2 aromatic rings. The van der Waals surface area contributed by atoms with E-state index in [0.29, 0.717) is 22.6 Å². The van der Waals surface area contributed by atoms with Crippen molar-refractivity contribution in [2.75, 3.05) is 14.2 Å². The molecule has 2 aromatic carbocycles. The van der Waals surface area contributed by atoms with Gasteiger partial charge in [0.1, 0.15) is 0 Å². The summed E-state index contributed by atoms with van der Waals surface area (Å²) in [6, 6.07) is 12.5. The average Bonchev–Trinajstić information content (AvgIpc) is 2.54. The zero-order valence-electron chi connectivity index (χ0n) is 12.2. The molecule has 0 unspecified atom stereocenters. The molecular formula is C16H15BrN2O3. The van der Waals surface area contributed by atoms with E-state index in [1.54, 1.807) is 38.5 Å². The van der Waals surface area contributed by atoms with Crippen LogP contribution in [0.5, 0.6) is 11.5 Å². The number of halogens is 1. The highest BCUT2D eigenvalue weighted by Gasteiger charge is 2.08. The maximum absolute atomic E-state index is 12.0. The van der Waals surface area contributed by atoms with Crippen molar-refractivity contribution in [2.24, 2.45) is 5.10 Å². The van der Waals surface area contributed by atoms with Crippen LogP contribution < -0.4 is 14.9 Å². The topological polar surface area (TPSA) is 59.9 Å². The van der Waals surface area contributed by atoms with Gasteiger partial charge < -0.3 is 9.47 Å². The van der Waals surface area contributed by atoms with Crippen LogP contribution in [0.1, 0.15) is 15.9 Å². The first-order valence-electron chi connectivity index (χ1n) is 6.45. The number of amides is 1. The quantitative estimate of drug-likeness (QED) is 0.656. The first-order valence-corrected chi connectivity index (χ1v) is 7.25. The van der Waals surface area contributed by atoms with Crippen LogP contribution >= 0.6 is 15.9 Å². The van der Waals surface area contributed by atoms with E-state index >= 15 is 0 Å². The molecule has 0 heterocycles. The normalized spacial score (nSPS) is 10.5. The third-order valence-corrected chi connectivity index (χ3v) is 3.38. The number of methoxy groups -OCH3 is 2. The molecule has 1 amide bonds. The lowest BCUT2D eigenvalue weighted by Gasteiger charge is -2.09. The van der Waals surface area contributed by atoms with Crippen molar-refractivity contribution in [3.05, 3.63) is 58.1 Å². The Balaban J connectivity index is 2.11. The molecule has 6 heteroatoms. The van der Waals surface area contributed by atoms with Gasteiger partial charge in [-0.25, -0.2) is 5.43 Å². The molecule has 2 rings (SSSR count). The molecule has 0 atom stereocenters. The highest BCUT2D eigenvalue weighted by Crippen LogP contribution is 2.29. The third-order valence-electron chi connectivity index (χ3n) is 2.89. The molecule has 22 heavy (non-hydrogen) atoms. The minimum absolute atomic E-state index is 0.292. The molecule has 114 valence electrons. The summed E-state index contributed by atoms with van der Waals surface area (Å²) in [5.41, 5.74) is 3.70. The Morgan fingerprint density at radius 1 is 1.18 bits per heavy atom. The van der Waals surface area contributed by atoms with Crippen molar-refractivity contribution in [1.29, 1.82) is 0 Å². The largest absolute Gasteiger partial charge is 0.493 e. The van der Waals surface area contributed by atoms with Gasteiger partial charge in [-0.3, -0.25) is 4.79 Å².